The van der Waals surface area contributed by atoms with E-state index in [4.69, 9.17) is 4.74 Å². The summed E-state index contributed by atoms with van der Waals surface area (Å²) in [6.07, 6.45) is 5.16. The van der Waals surface area contributed by atoms with Crippen LogP contribution in [0.3, 0.4) is 0 Å². The van der Waals surface area contributed by atoms with Crippen molar-refractivity contribution in [3.05, 3.63) is 71.4 Å². The molecule has 0 aliphatic heterocycles. The van der Waals surface area contributed by atoms with Crippen molar-refractivity contribution in [2.75, 3.05) is 12.4 Å². The number of hydrogen-bond donors (Lipinski definition) is 1. The Morgan fingerprint density at radius 1 is 0.880 bits per heavy atom. The Morgan fingerprint density at radius 2 is 1.64 bits per heavy atom. The van der Waals surface area contributed by atoms with Crippen LogP contribution in [0.15, 0.2) is 48.8 Å². The molecule has 25 heavy (non-hydrogen) atoms. The predicted octanol–water partition coefficient (Wildman–Crippen LogP) is 2.98. The Hall–Kier alpha value is -3.02. The molecule has 1 aromatic carbocycles. The van der Waals surface area contributed by atoms with E-state index in [9.17, 15) is 0 Å². The van der Waals surface area contributed by atoms with Crippen LogP contribution in [0.4, 0.5) is 5.95 Å². The van der Waals surface area contributed by atoms with Gasteiger partial charge in [0.1, 0.15) is 5.82 Å². The average molecular weight is 335 g/mol. The fourth-order valence-corrected chi connectivity index (χ4v) is 2.41. The Bertz CT molecular complexity index is 820. The van der Waals surface area contributed by atoms with E-state index in [0.29, 0.717) is 18.4 Å². The van der Waals surface area contributed by atoms with Crippen LogP contribution in [0, 0.1) is 6.92 Å². The van der Waals surface area contributed by atoms with Gasteiger partial charge in [-0.05, 0) is 30.5 Å². The molecule has 0 saturated carbocycles. The SMILES string of the molecule is COc1ccnc(CCc2ccc(CNc3nccc(C)n3)cc2)n1. The summed E-state index contributed by atoms with van der Waals surface area (Å²) in [4.78, 5) is 17.2. The highest BCUT2D eigenvalue weighted by Gasteiger charge is 2.02. The van der Waals surface area contributed by atoms with Crippen molar-refractivity contribution in [3.63, 3.8) is 0 Å². The first-order valence-corrected chi connectivity index (χ1v) is 8.20. The molecule has 2 aromatic heterocycles. The molecule has 0 saturated heterocycles. The summed E-state index contributed by atoms with van der Waals surface area (Å²) in [5, 5.41) is 3.24. The first kappa shape index (κ1) is 16.8. The second kappa shape index (κ2) is 8.19. The third-order valence-electron chi connectivity index (χ3n) is 3.79. The lowest BCUT2D eigenvalue weighted by atomic mass is 10.1. The lowest BCUT2D eigenvalue weighted by Gasteiger charge is -2.07. The van der Waals surface area contributed by atoms with Gasteiger partial charge in [-0.2, -0.15) is 4.98 Å². The summed E-state index contributed by atoms with van der Waals surface area (Å²) in [7, 11) is 1.61. The van der Waals surface area contributed by atoms with Crippen molar-refractivity contribution in [1.82, 2.24) is 19.9 Å². The number of ether oxygens (including phenoxy) is 1. The number of benzene rings is 1. The first-order chi connectivity index (χ1) is 12.2. The topological polar surface area (TPSA) is 72.8 Å². The van der Waals surface area contributed by atoms with Crippen molar-refractivity contribution in [1.29, 1.82) is 0 Å². The summed E-state index contributed by atoms with van der Waals surface area (Å²) in [5.74, 6) is 2.05. The molecule has 0 atom stereocenters. The minimum Gasteiger partial charge on any atom is -0.481 e. The molecule has 0 fully saturated rings. The molecule has 128 valence electrons. The maximum Gasteiger partial charge on any atom is 0.223 e. The van der Waals surface area contributed by atoms with Crippen LogP contribution in [-0.2, 0) is 19.4 Å². The van der Waals surface area contributed by atoms with Crippen molar-refractivity contribution in [3.8, 4) is 5.88 Å². The van der Waals surface area contributed by atoms with Crippen LogP contribution < -0.4 is 10.1 Å². The van der Waals surface area contributed by atoms with Crippen molar-refractivity contribution in [2.45, 2.75) is 26.3 Å². The summed E-state index contributed by atoms with van der Waals surface area (Å²) in [6.45, 7) is 2.65. The normalized spacial score (nSPS) is 10.5. The Labute approximate surface area is 147 Å². The van der Waals surface area contributed by atoms with Crippen molar-refractivity contribution >= 4 is 5.95 Å². The van der Waals surface area contributed by atoms with Gasteiger partial charge in [-0.1, -0.05) is 24.3 Å². The van der Waals surface area contributed by atoms with Gasteiger partial charge in [-0.25, -0.2) is 15.0 Å². The minimum absolute atomic E-state index is 0.602. The second-order valence-electron chi connectivity index (χ2n) is 5.71. The van der Waals surface area contributed by atoms with E-state index < -0.39 is 0 Å². The van der Waals surface area contributed by atoms with E-state index in [1.807, 2.05) is 13.0 Å². The average Bonchev–Trinajstić information content (AvgIpc) is 2.66. The molecule has 0 aliphatic carbocycles. The summed E-state index contributed by atoms with van der Waals surface area (Å²) >= 11 is 0. The van der Waals surface area contributed by atoms with Gasteiger partial charge in [0.2, 0.25) is 11.8 Å². The molecule has 0 amide bonds. The Balaban J connectivity index is 1.53. The van der Waals surface area contributed by atoms with E-state index in [-0.39, 0.29) is 0 Å². The highest BCUT2D eigenvalue weighted by Crippen LogP contribution is 2.10. The molecule has 0 bridgehead atoms. The Kier molecular flexibility index (Phi) is 5.51. The van der Waals surface area contributed by atoms with Gasteiger partial charge in [0.05, 0.1) is 7.11 Å². The van der Waals surface area contributed by atoms with Gasteiger partial charge in [0.15, 0.2) is 0 Å². The van der Waals surface area contributed by atoms with Crippen LogP contribution >= 0.6 is 0 Å². The van der Waals surface area contributed by atoms with E-state index in [2.05, 4.69) is 49.5 Å². The van der Waals surface area contributed by atoms with Gasteiger partial charge in [0, 0.05) is 37.1 Å². The second-order valence-corrected chi connectivity index (χ2v) is 5.71. The molecule has 3 aromatic rings. The smallest absolute Gasteiger partial charge is 0.223 e. The lowest BCUT2D eigenvalue weighted by Crippen LogP contribution is -2.04. The van der Waals surface area contributed by atoms with E-state index in [0.717, 1.165) is 24.4 Å². The zero-order chi connectivity index (χ0) is 17.5. The van der Waals surface area contributed by atoms with Crippen LogP contribution in [0.2, 0.25) is 0 Å². The quantitative estimate of drug-likeness (QED) is 0.715. The highest BCUT2D eigenvalue weighted by atomic mass is 16.5. The molecular weight excluding hydrogens is 314 g/mol. The number of nitrogens with one attached hydrogen (secondary N) is 1. The van der Waals surface area contributed by atoms with Gasteiger partial charge in [0.25, 0.3) is 0 Å². The monoisotopic (exact) mass is 335 g/mol. The number of aryl methyl sites for hydroxylation is 3. The number of hydrogen-bond acceptors (Lipinski definition) is 6. The lowest BCUT2D eigenvalue weighted by molar-refractivity contribution is 0.394. The molecular formula is C19H21N5O. The predicted molar refractivity (Wildman–Crippen MR) is 96.5 cm³/mol. The fourth-order valence-electron chi connectivity index (χ4n) is 2.41. The largest absolute Gasteiger partial charge is 0.481 e. The molecule has 0 radical (unpaired) electrons. The molecule has 0 aliphatic rings. The number of rotatable bonds is 7. The zero-order valence-electron chi connectivity index (χ0n) is 14.4. The van der Waals surface area contributed by atoms with Gasteiger partial charge in [-0.15, -0.1) is 0 Å². The number of anilines is 1. The van der Waals surface area contributed by atoms with E-state index in [1.165, 1.54) is 11.1 Å². The standard InChI is InChI=1S/C19H21N5O/c1-14-9-11-21-19(23-14)22-13-16-5-3-15(4-6-16)7-8-17-20-12-10-18(24-17)25-2/h3-6,9-12H,7-8,13H2,1-2H3,(H,21,22,23). The third-order valence-corrected chi connectivity index (χ3v) is 3.79. The van der Waals surface area contributed by atoms with Gasteiger partial charge < -0.3 is 10.1 Å². The minimum atomic E-state index is 0.602. The van der Waals surface area contributed by atoms with Crippen LogP contribution in [0.5, 0.6) is 5.88 Å². The maximum absolute atomic E-state index is 5.13. The molecule has 0 spiro atoms. The molecule has 3 rings (SSSR count). The summed E-state index contributed by atoms with van der Waals surface area (Å²) in [5.41, 5.74) is 3.39. The molecule has 2 heterocycles. The highest BCUT2D eigenvalue weighted by molar-refractivity contribution is 5.29. The molecule has 6 heteroatoms. The summed E-state index contributed by atoms with van der Waals surface area (Å²) in [6, 6.07) is 12.1. The molecule has 6 nitrogen and oxygen atoms in total. The molecule has 1 N–H and O–H groups in total. The first-order valence-electron chi connectivity index (χ1n) is 8.20. The number of methoxy groups -OCH3 is 1. The number of aromatic nitrogens is 4. The summed E-state index contributed by atoms with van der Waals surface area (Å²) < 4.78 is 5.13. The zero-order valence-corrected chi connectivity index (χ0v) is 14.4. The van der Waals surface area contributed by atoms with Crippen molar-refractivity contribution < 1.29 is 4.74 Å². The van der Waals surface area contributed by atoms with Gasteiger partial charge >= 0.3 is 0 Å². The fraction of sp³-hybridized carbons (Fsp3) is 0.263. The van der Waals surface area contributed by atoms with E-state index >= 15 is 0 Å². The Morgan fingerprint density at radius 3 is 2.40 bits per heavy atom. The van der Waals surface area contributed by atoms with Crippen LogP contribution in [-0.4, -0.2) is 27.0 Å². The molecule has 0 unspecified atom stereocenters. The van der Waals surface area contributed by atoms with E-state index in [1.54, 1.807) is 25.6 Å². The van der Waals surface area contributed by atoms with Crippen LogP contribution in [0.1, 0.15) is 22.6 Å². The third kappa shape index (κ3) is 4.97. The maximum atomic E-state index is 5.13. The van der Waals surface area contributed by atoms with Crippen molar-refractivity contribution in [2.24, 2.45) is 0 Å². The number of nitrogens with zero attached hydrogens (tertiary/aromatic N) is 4. The van der Waals surface area contributed by atoms with Crippen LogP contribution in [0.25, 0.3) is 0 Å². The van der Waals surface area contributed by atoms with Gasteiger partial charge in [-0.3, -0.25) is 0 Å².